The maximum atomic E-state index is 12.3. The number of nitrogens with one attached hydrogen (secondary N) is 1. The number of methoxy groups -OCH3 is 1. The summed E-state index contributed by atoms with van der Waals surface area (Å²) in [6, 6.07) is -0.0432. The van der Waals surface area contributed by atoms with Gasteiger partial charge in [0, 0.05) is 40.2 Å². The number of aromatic nitrogens is 4. The molecule has 132 valence electrons. The highest BCUT2D eigenvalue weighted by Gasteiger charge is 2.14. The molecule has 9 heteroatoms. The third-order valence-electron chi connectivity index (χ3n) is 3.84. The molecule has 2 aromatic heterocycles. The van der Waals surface area contributed by atoms with Gasteiger partial charge >= 0.3 is 5.69 Å². The third kappa shape index (κ3) is 3.56. The van der Waals surface area contributed by atoms with E-state index in [-0.39, 0.29) is 17.5 Å². The summed E-state index contributed by atoms with van der Waals surface area (Å²) in [5, 5.41) is 2.84. The molecule has 0 spiro atoms. The molecule has 1 amide bonds. The van der Waals surface area contributed by atoms with Crippen LogP contribution in [0.2, 0.25) is 0 Å². The van der Waals surface area contributed by atoms with Crippen molar-refractivity contribution in [1.29, 1.82) is 0 Å². The van der Waals surface area contributed by atoms with Crippen molar-refractivity contribution in [1.82, 2.24) is 24.0 Å². The van der Waals surface area contributed by atoms with E-state index in [9.17, 15) is 14.4 Å². The molecule has 0 aliphatic heterocycles. The average molecular weight is 337 g/mol. The van der Waals surface area contributed by atoms with E-state index in [0.29, 0.717) is 37.2 Å². The van der Waals surface area contributed by atoms with Crippen molar-refractivity contribution in [2.75, 3.05) is 13.7 Å². The molecule has 0 aromatic carbocycles. The summed E-state index contributed by atoms with van der Waals surface area (Å²) >= 11 is 0. The lowest BCUT2D eigenvalue weighted by atomic mass is 10.2. The predicted octanol–water partition coefficient (Wildman–Crippen LogP) is -0.635. The monoisotopic (exact) mass is 337 g/mol. The van der Waals surface area contributed by atoms with Gasteiger partial charge in [0.1, 0.15) is 0 Å². The van der Waals surface area contributed by atoms with Crippen LogP contribution in [-0.2, 0) is 30.2 Å². The molecule has 0 saturated carbocycles. The second kappa shape index (κ2) is 7.43. The Bertz CT molecular complexity index is 848. The van der Waals surface area contributed by atoms with Crippen LogP contribution in [0, 0.1) is 0 Å². The zero-order chi connectivity index (χ0) is 17.9. The van der Waals surface area contributed by atoms with Crippen LogP contribution < -0.4 is 16.6 Å². The number of aryl methyl sites for hydroxylation is 2. The molecule has 24 heavy (non-hydrogen) atoms. The van der Waals surface area contributed by atoms with Crippen molar-refractivity contribution in [3.8, 4) is 0 Å². The molecule has 0 saturated heterocycles. The molecule has 0 bridgehead atoms. The van der Waals surface area contributed by atoms with Gasteiger partial charge in [-0.05, 0) is 13.3 Å². The van der Waals surface area contributed by atoms with Gasteiger partial charge in [-0.3, -0.25) is 18.7 Å². The van der Waals surface area contributed by atoms with Crippen molar-refractivity contribution >= 4 is 17.1 Å². The standard InChI is InChI=1S/C15H23N5O4/c1-10(8-24-4)17-11(21)6-5-7-20-9-16-13-12(20)14(22)19(3)15(23)18(13)2/h9-10H,5-8H2,1-4H3,(H,17,21)/t10-/m0/s1. The highest BCUT2D eigenvalue weighted by molar-refractivity contribution is 5.76. The van der Waals surface area contributed by atoms with Gasteiger partial charge in [0.05, 0.1) is 12.9 Å². The van der Waals surface area contributed by atoms with Crippen molar-refractivity contribution < 1.29 is 9.53 Å². The molecule has 0 fully saturated rings. The van der Waals surface area contributed by atoms with Gasteiger partial charge in [-0.25, -0.2) is 9.78 Å². The number of carbonyl (C=O) groups excluding carboxylic acids is 1. The van der Waals surface area contributed by atoms with E-state index in [1.54, 1.807) is 18.7 Å². The minimum absolute atomic E-state index is 0.0432. The van der Waals surface area contributed by atoms with Crippen LogP contribution in [0.4, 0.5) is 0 Å². The summed E-state index contributed by atoms with van der Waals surface area (Å²) in [6.45, 7) is 2.80. The second-order valence-electron chi connectivity index (χ2n) is 5.84. The fourth-order valence-corrected chi connectivity index (χ4v) is 2.62. The Labute approximate surface area is 138 Å². The lowest BCUT2D eigenvalue weighted by molar-refractivity contribution is -0.122. The number of amides is 1. The van der Waals surface area contributed by atoms with E-state index in [2.05, 4.69) is 10.3 Å². The molecule has 2 heterocycles. The number of ether oxygens (including phenoxy) is 1. The van der Waals surface area contributed by atoms with Gasteiger partial charge in [-0.15, -0.1) is 0 Å². The van der Waals surface area contributed by atoms with Crippen LogP contribution in [0.25, 0.3) is 11.2 Å². The maximum absolute atomic E-state index is 12.3. The quantitative estimate of drug-likeness (QED) is 0.725. The molecule has 0 unspecified atom stereocenters. The van der Waals surface area contributed by atoms with Crippen LogP contribution in [0.3, 0.4) is 0 Å². The molecule has 9 nitrogen and oxygen atoms in total. The number of hydrogen-bond acceptors (Lipinski definition) is 5. The zero-order valence-corrected chi connectivity index (χ0v) is 14.4. The second-order valence-corrected chi connectivity index (χ2v) is 5.84. The molecular weight excluding hydrogens is 314 g/mol. The SMILES string of the molecule is COC[C@H](C)NC(=O)CCCn1cnc2c1c(=O)n(C)c(=O)n2C. The Kier molecular flexibility index (Phi) is 5.55. The van der Waals surface area contributed by atoms with Gasteiger partial charge in [-0.2, -0.15) is 0 Å². The van der Waals surface area contributed by atoms with Gasteiger partial charge < -0.3 is 14.6 Å². The molecule has 0 aliphatic rings. The Balaban J connectivity index is 2.08. The Morgan fingerprint density at radius 1 is 1.33 bits per heavy atom. The summed E-state index contributed by atoms with van der Waals surface area (Å²) in [6.07, 6.45) is 2.42. The summed E-state index contributed by atoms with van der Waals surface area (Å²) in [4.78, 5) is 40.2. The van der Waals surface area contributed by atoms with E-state index in [0.717, 1.165) is 4.57 Å². The van der Waals surface area contributed by atoms with Crippen molar-refractivity contribution in [3.05, 3.63) is 27.2 Å². The fourth-order valence-electron chi connectivity index (χ4n) is 2.62. The van der Waals surface area contributed by atoms with Crippen molar-refractivity contribution in [3.63, 3.8) is 0 Å². The van der Waals surface area contributed by atoms with Crippen molar-refractivity contribution in [2.24, 2.45) is 14.1 Å². The lowest BCUT2D eigenvalue weighted by Crippen LogP contribution is -2.37. The summed E-state index contributed by atoms with van der Waals surface area (Å²) in [5.41, 5.74) is -0.0814. The first-order valence-electron chi connectivity index (χ1n) is 7.76. The molecule has 0 aliphatic carbocycles. The van der Waals surface area contributed by atoms with Gasteiger partial charge in [0.25, 0.3) is 5.56 Å². The van der Waals surface area contributed by atoms with Gasteiger partial charge in [0.2, 0.25) is 5.91 Å². The average Bonchev–Trinajstić information content (AvgIpc) is 2.95. The molecular formula is C15H23N5O4. The van der Waals surface area contributed by atoms with Crippen molar-refractivity contribution in [2.45, 2.75) is 32.4 Å². The van der Waals surface area contributed by atoms with Crippen LogP contribution >= 0.6 is 0 Å². The normalized spacial score (nSPS) is 12.5. The smallest absolute Gasteiger partial charge is 0.332 e. The lowest BCUT2D eigenvalue weighted by Gasteiger charge is -2.12. The number of carbonyl (C=O) groups is 1. The fraction of sp³-hybridized carbons (Fsp3) is 0.600. The van der Waals surface area contributed by atoms with E-state index in [1.165, 1.54) is 17.9 Å². The Morgan fingerprint density at radius 3 is 2.71 bits per heavy atom. The minimum Gasteiger partial charge on any atom is -0.383 e. The van der Waals surface area contributed by atoms with Crippen LogP contribution in [-0.4, -0.2) is 44.4 Å². The Hall–Kier alpha value is -2.42. The van der Waals surface area contributed by atoms with E-state index in [4.69, 9.17) is 4.74 Å². The van der Waals surface area contributed by atoms with E-state index < -0.39 is 5.69 Å². The summed E-state index contributed by atoms with van der Waals surface area (Å²) < 4.78 is 9.05. The number of nitrogens with zero attached hydrogens (tertiary/aromatic N) is 4. The summed E-state index contributed by atoms with van der Waals surface area (Å²) in [5.74, 6) is -0.0655. The van der Waals surface area contributed by atoms with Crippen LogP contribution in [0.5, 0.6) is 0 Å². The topological polar surface area (TPSA) is 100 Å². The minimum atomic E-state index is -0.413. The van der Waals surface area contributed by atoms with Gasteiger partial charge in [0.15, 0.2) is 11.2 Å². The van der Waals surface area contributed by atoms with Gasteiger partial charge in [-0.1, -0.05) is 0 Å². The number of hydrogen-bond donors (Lipinski definition) is 1. The number of imidazole rings is 1. The molecule has 1 atom stereocenters. The largest absolute Gasteiger partial charge is 0.383 e. The number of rotatable bonds is 7. The van der Waals surface area contributed by atoms with E-state index in [1.807, 2.05) is 6.92 Å². The Morgan fingerprint density at radius 2 is 2.04 bits per heavy atom. The molecule has 1 N–H and O–H groups in total. The molecule has 2 aromatic rings. The molecule has 2 rings (SSSR count). The molecule has 0 radical (unpaired) electrons. The summed E-state index contributed by atoms with van der Waals surface area (Å²) in [7, 11) is 4.60. The first-order chi connectivity index (χ1) is 11.4. The first-order valence-corrected chi connectivity index (χ1v) is 7.76. The van der Waals surface area contributed by atoms with Crippen LogP contribution in [0.15, 0.2) is 15.9 Å². The third-order valence-corrected chi connectivity index (χ3v) is 3.84. The first kappa shape index (κ1) is 17.9. The number of fused-ring (bicyclic) bond motifs is 1. The maximum Gasteiger partial charge on any atom is 0.332 e. The highest BCUT2D eigenvalue weighted by atomic mass is 16.5. The highest BCUT2D eigenvalue weighted by Crippen LogP contribution is 2.07. The zero-order valence-electron chi connectivity index (χ0n) is 14.4. The van der Waals surface area contributed by atoms with Crippen LogP contribution in [0.1, 0.15) is 19.8 Å². The predicted molar refractivity (Wildman–Crippen MR) is 88.9 cm³/mol. The van der Waals surface area contributed by atoms with E-state index >= 15 is 0 Å².